The number of benzene rings is 1. The normalized spacial score (nSPS) is 13.6. The average Bonchev–Trinajstić information content (AvgIpc) is 3.24. The maximum absolute atomic E-state index is 11.9. The van der Waals surface area contributed by atoms with Crippen LogP contribution in [0.5, 0.6) is 5.88 Å². The molecule has 152 valence electrons. The van der Waals surface area contributed by atoms with Crippen molar-refractivity contribution in [1.82, 2.24) is 15.3 Å². The van der Waals surface area contributed by atoms with Gasteiger partial charge in [0.1, 0.15) is 18.2 Å². The van der Waals surface area contributed by atoms with Gasteiger partial charge in [0.25, 0.3) is 5.69 Å². The van der Waals surface area contributed by atoms with E-state index in [1.807, 2.05) is 13.0 Å². The lowest BCUT2D eigenvalue weighted by Crippen LogP contribution is -2.26. The number of non-ortho nitro benzene ring substituents is 1. The molecular formula is C20H23N5O4. The summed E-state index contributed by atoms with van der Waals surface area (Å²) in [5.74, 6) is 1.75. The summed E-state index contributed by atoms with van der Waals surface area (Å²) in [4.78, 5) is 33.0. The van der Waals surface area contributed by atoms with Gasteiger partial charge in [-0.3, -0.25) is 14.9 Å². The number of anilines is 1. The highest BCUT2D eigenvalue weighted by atomic mass is 16.6. The Balaban J connectivity index is 1.44. The Bertz CT molecular complexity index is 892. The van der Waals surface area contributed by atoms with Crippen molar-refractivity contribution < 1.29 is 14.5 Å². The van der Waals surface area contributed by atoms with Crippen molar-refractivity contribution in [2.24, 2.45) is 0 Å². The summed E-state index contributed by atoms with van der Waals surface area (Å²) in [7, 11) is 0. The Morgan fingerprint density at radius 2 is 2.00 bits per heavy atom. The minimum atomic E-state index is -0.465. The summed E-state index contributed by atoms with van der Waals surface area (Å²) < 4.78 is 5.66. The van der Waals surface area contributed by atoms with Gasteiger partial charge in [0.15, 0.2) is 0 Å². The topological polar surface area (TPSA) is 110 Å². The van der Waals surface area contributed by atoms with Crippen LogP contribution in [0.15, 0.2) is 36.4 Å². The third kappa shape index (κ3) is 6.00. The Morgan fingerprint density at radius 3 is 2.69 bits per heavy atom. The second-order valence-electron chi connectivity index (χ2n) is 6.63. The average molecular weight is 397 g/mol. The SMILES string of the molecule is Cc1nc(OCCNC(=O)C=Cc2ccc([N+](=O)[O-])cc2)cc(N2CCCC2)n1. The Morgan fingerprint density at radius 1 is 1.28 bits per heavy atom. The first-order valence-electron chi connectivity index (χ1n) is 9.45. The van der Waals surface area contributed by atoms with Crippen LogP contribution in [-0.2, 0) is 4.79 Å². The smallest absolute Gasteiger partial charge is 0.269 e. The minimum absolute atomic E-state index is 0.0107. The van der Waals surface area contributed by atoms with E-state index < -0.39 is 4.92 Å². The molecule has 0 saturated carbocycles. The highest BCUT2D eigenvalue weighted by Gasteiger charge is 2.15. The van der Waals surface area contributed by atoms with Gasteiger partial charge >= 0.3 is 0 Å². The molecule has 2 heterocycles. The molecule has 9 nitrogen and oxygen atoms in total. The molecule has 1 aromatic carbocycles. The quantitative estimate of drug-likeness (QED) is 0.315. The van der Waals surface area contributed by atoms with Crippen molar-refractivity contribution in [2.45, 2.75) is 19.8 Å². The zero-order valence-electron chi connectivity index (χ0n) is 16.2. The van der Waals surface area contributed by atoms with Crippen LogP contribution in [0.25, 0.3) is 6.08 Å². The number of nitrogens with zero attached hydrogens (tertiary/aromatic N) is 4. The van der Waals surface area contributed by atoms with Crippen LogP contribution >= 0.6 is 0 Å². The monoisotopic (exact) mass is 397 g/mol. The molecule has 9 heteroatoms. The van der Waals surface area contributed by atoms with E-state index in [2.05, 4.69) is 20.2 Å². The minimum Gasteiger partial charge on any atom is -0.476 e. The first-order chi connectivity index (χ1) is 14.0. The van der Waals surface area contributed by atoms with Crippen LogP contribution in [-0.4, -0.2) is 47.0 Å². The number of nitrogens with one attached hydrogen (secondary N) is 1. The van der Waals surface area contributed by atoms with Crippen LogP contribution in [0, 0.1) is 17.0 Å². The largest absolute Gasteiger partial charge is 0.476 e. The number of nitro groups is 1. The van der Waals surface area contributed by atoms with E-state index >= 15 is 0 Å². The maximum Gasteiger partial charge on any atom is 0.269 e. The lowest BCUT2D eigenvalue weighted by Gasteiger charge is -2.17. The number of ether oxygens (including phenoxy) is 1. The molecule has 1 aliphatic heterocycles. The molecule has 0 atom stereocenters. The number of amides is 1. The third-order valence-corrected chi connectivity index (χ3v) is 4.41. The highest BCUT2D eigenvalue weighted by molar-refractivity contribution is 5.91. The standard InChI is InChI=1S/C20H23N5O4/c1-15-22-18(24-11-2-3-12-24)14-20(23-15)29-13-10-21-19(26)9-6-16-4-7-17(8-5-16)25(27)28/h4-9,14H,2-3,10-13H2,1H3,(H,21,26). The molecule has 1 aromatic heterocycles. The lowest BCUT2D eigenvalue weighted by molar-refractivity contribution is -0.384. The maximum atomic E-state index is 11.9. The summed E-state index contributed by atoms with van der Waals surface area (Å²) >= 11 is 0. The molecule has 2 aromatic rings. The first kappa shape index (κ1) is 20.2. The van der Waals surface area contributed by atoms with E-state index in [-0.39, 0.29) is 18.2 Å². The van der Waals surface area contributed by atoms with Crippen LogP contribution in [0.2, 0.25) is 0 Å². The van der Waals surface area contributed by atoms with E-state index in [0.717, 1.165) is 18.9 Å². The molecule has 1 amide bonds. The van der Waals surface area contributed by atoms with E-state index in [9.17, 15) is 14.9 Å². The van der Waals surface area contributed by atoms with Gasteiger partial charge in [-0.15, -0.1) is 0 Å². The van der Waals surface area contributed by atoms with E-state index in [0.29, 0.717) is 23.8 Å². The summed E-state index contributed by atoms with van der Waals surface area (Å²) in [6.07, 6.45) is 5.30. The van der Waals surface area contributed by atoms with Crippen molar-refractivity contribution in [2.75, 3.05) is 31.1 Å². The third-order valence-electron chi connectivity index (χ3n) is 4.41. The van der Waals surface area contributed by atoms with Gasteiger partial charge < -0.3 is 15.0 Å². The molecule has 0 spiro atoms. The van der Waals surface area contributed by atoms with Gasteiger partial charge in [0.05, 0.1) is 11.5 Å². The second kappa shape index (κ2) is 9.63. The number of rotatable bonds is 8. The number of carbonyl (C=O) groups is 1. The Labute approximate surface area is 168 Å². The van der Waals surface area contributed by atoms with Crippen molar-refractivity contribution in [1.29, 1.82) is 0 Å². The second-order valence-corrected chi connectivity index (χ2v) is 6.63. The fraction of sp³-hybridized carbons (Fsp3) is 0.350. The molecule has 29 heavy (non-hydrogen) atoms. The van der Waals surface area contributed by atoms with Gasteiger partial charge in [-0.05, 0) is 43.5 Å². The summed E-state index contributed by atoms with van der Waals surface area (Å²) in [6, 6.07) is 7.78. The van der Waals surface area contributed by atoms with Crippen molar-refractivity contribution in [3.63, 3.8) is 0 Å². The summed E-state index contributed by atoms with van der Waals surface area (Å²) in [5, 5.41) is 13.4. The van der Waals surface area contributed by atoms with Crippen LogP contribution in [0.3, 0.4) is 0 Å². The molecule has 0 aliphatic carbocycles. The zero-order chi connectivity index (χ0) is 20.6. The van der Waals surface area contributed by atoms with Gasteiger partial charge in [-0.2, -0.15) is 4.98 Å². The fourth-order valence-corrected chi connectivity index (χ4v) is 2.98. The first-order valence-corrected chi connectivity index (χ1v) is 9.45. The Kier molecular flexibility index (Phi) is 6.72. The highest BCUT2D eigenvalue weighted by Crippen LogP contribution is 2.21. The van der Waals surface area contributed by atoms with Gasteiger partial charge in [0, 0.05) is 37.4 Å². The molecular weight excluding hydrogens is 374 g/mol. The number of hydrogen-bond donors (Lipinski definition) is 1. The van der Waals surface area contributed by atoms with Gasteiger partial charge in [-0.25, -0.2) is 4.98 Å². The van der Waals surface area contributed by atoms with Crippen molar-refractivity contribution >= 4 is 23.5 Å². The molecule has 1 aliphatic rings. The van der Waals surface area contributed by atoms with E-state index in [4.69, 9.17) is 4.74 Å². The van der Waals surface area contributed by atoms with Gasteiger partial charge in [0.2, 0.25) is 11.8 Å². The number of carbonyl (C=O) groups excluding carboxylic acids is 1. The molecule has 0 radical (unpaired) electrons. The zero-order valence-corrected chi connectivity index (χ0v) is 16.2. The van der Waals surface area contributed by atoms with Crippen LogP contribution in [0.4, 0.5) is 11.5 Å². The molecule has 1 saturated heterocycles. The molecule has 0 bridgehead atoms. The molecule has 0 unspecified atom stereocenters. The van der Waals surface area contributed by atoms with Crippen LogP contribution in [0.1, 0.15) is 24.2 Å². The Hall–Kier alpha value is -3.49. The van der Waals surface area contributed by atoms with Crippen molar-refractivity contribution in [3.8, 4) is 5.88 Å². The number of aryl methyl sites for hydroxylation is 1. The van der Waals surface area contributed by atoms with E-state index in [1.165, 1.54) is 31.1 Å². The van der Waals surface area contributed by atoms with Gasteiger partial charge in [-0.1, -0.05) is 0 Å². The number of aromatic nitrogens is 2. The molecule has 1 N–H and O–H groups in total. The lowest BCUT2D eigenvalue weighted by atomic mass is 10.2. The van der Waals surface area contributed by atoms with E-state index in [1.54, 1.807) is 18.2 Å². The predicted octanol–water partition coefficient (Wildman–Crippen LogP) is 2.50. The molecule has 3 rings (SSSR count). The van der Waals surface area contributed by atoms with Crippen molar-refractivity contribution in [3.05, 3.63) is 57.9 Å². The summed E-state index contributed by atoms with van der Waals surface area (Å²) in [6.45, 7) is 4.43. The fourth-order valence-electron chi connectivity index (χ4n) is 2.98. The predicted molar refractivity (Wildman–Crippen MR) is 109 cm³/mol. The molecule has 1 fully saturated rings. The number of nitro benzene ring substituents is 1. The summed E-state index contributed by atoms with van der Waals surface area (Å²) in [5.41, 5.74) is 0.713. The number of hydrogen-bond acceptors (Lipinski definition) is 7. The van der Waals surface area contributed by atoms with Crippen LogP contribution < -0.4 is 15.0 Å².